The minimum Gasteiger partial charge on any atom is -0.353 e. The molecule has 1 amide bonds. The fourth-order valence-electron chi connectivity index (χ4n) is 2.81. The van der Waals surface area contributed by atoms with E-state index in [0.717, 1.165) is 6.42 Å². The van der Waals surface area contributed by atoms with E-state index < -0.39 is 12.7 Å². The molecule has 1 atom stereocenters. The quantitative estimate of drug-likeness (QED) is 0.395. The lowest BCUT2D eigenvalue weighted by atomic mass is 10.1. The highest BCUT2D eigenvalue weighted by Gasteiger charge is 2.33. The number of nitrogens with zero attached hydrogens (tertiary/aromatic N) is 4. The van der Waals surface area contributed by atoms with Gasteiger partial charge in [0.15, 0.2) is 5.96 Å². The van der Waals surface area contributed by atoms with Crippen LogP contribution in [0.3, 0.4) is 0 Å². The Labute approximate surface area is 153 Å². The Bertz CT molecular complexity index is 493. The summed E-state index contributed by atoms with van der Waals surface area (Å²) in [4.78, 5) is 21.0. The molecule has 0 aromatic carbocycles. The molecule has 6 nitrogen and oxygen atoms in total. The van der Waals surface area contributed by atoms with Gasteiger partial charge in [0.05, 0.1) is 6.54 Å². The number of amides is 1. The van der Waals surface area contributed by atoms with Crippen LogP contribution in [0.5, 0.6) is 0 Å². The van der Waals surface area contributed by atoms with Crippen molar-refractivity contribution in [1.29, 1.82) is 0 Å². The van der Waals surface area contributed by atoms with Crippen molar-refractivity contribution in [3.63, 3.8) is 0 Å². The molecule has 1 aliphatic rings. The topological polar surface area (TPSA) is 51.2 Å². The summed E-state index contributed by atoms with van der Waals surface area (Å²) in [6.45, 7) is 7.14. The third-order valence-electron chi connectivity index (χ3n) is 4.22. The van der Waals surface area contributed by atoms with Crippen molar-refractivity contribution in [3.05, 3.63) is 12.7 Å². The first kappa shape index (κ1) is 22.3. The van der Waals surface area contributed by atoms with Gasteiger partial charge in [-0.05, 0) is 18.9 Å². The minimum absolute atomic E-state index is 0.0306. The molecule has 1 heterocycles. The Morgan fingerprint density at radius 1 is 1.42 bits per heavy atom. The summed E-state index contributed by atoms with van der Waals surface area (Å²) >= 11 is 0. The molecule has 1 fully saturated rings. The molecular formula is C17H30F3N5O. The monoisotopic (exact) mass is 377 g/mol. The third-order valence-corrected chi connectivity index (χ3v) is 4.22. The van der Waals surface area contributed by atoms with Crippen LogP contribution in [0.25, 0.3) is 0 Å². The normalized spacial score (nSPS) is 18.3. The second kappa shape index (κ2) is 10.4. The number of guanidine groups is 1. The van der Waals surface area contributed by atoms with E-state index in [4.69, 9.17) is 0 Å². The molecule has 0 aromatic heterocycles. The summed E-state index contributed by atoms with van der Waals surface area (Å²) in [5, 5.41) is 3.13. The van der Waals surface area contributed by atoms with E-state index in [-0.39, 0.29) is 18.4 Å². The summed E-state index contributed by atoms with van der Waals surface area (Å²) in [5.41, 5.74) is 0. The Balaban J connectivity index is 2.66. The first-order valence-corrected chi connectivity index (χ1v) is 8.79. The number of carbonyl (C=O) groups is 1. The maximum atomic E-state index is 12.6. The van der Waals surface area contributed by atoms with Crippen LogP contribution in [-0.2, 0) is 4.79 Å². The molecule has 1 rings (SSSR count). The van der Waals surface area contributed by atoms with Crippen LogP contribution in [0.15, 0.2) is 17.6 Å². The summed E-state index contributed by atoms with van der Waals surface area (Å²) in [7, 11) is 3.33. The molecule has 0 radical (unpaired) electrons. The number of alkyl halides is 3. The van der Waals surface area contributed by atoms with Gasteiger partial charge in [-0.2, -0.15) is 13.2 Å². The molecule has 0 bridgehead atoms. The van der Waals surface area contributed by atoms with E-state index in [1.807, 2.05) is 4.90 Å². The molecule has 1 saturated heterocycles. The first-order valence-electron chi connectivity index (χ1n) is 8.79. The highest BCUT2D eigenvalue weighted by Crippen LogP contribution is 2.21. The van der Waals surface area contributed by atoms with Crippen molar-refractivity contribution in [2.24, 2.45) is 10.9 Å². The number of nitrogens with one attached hydrogen (secondary N) is 1. The van der Waals surface area contributed by atoms with Crippen molar-refractivity contribution < 1.29 is 18.0 Å². The maximum Gasteiger partial charge on any atom is 0.401 e. The number of likely N-dealkylation sites (tertiary alicyclic amines) is 1. The maximum absolute atomic E-state index is 12.6. The molecule has 0 saturated carbocycles. The Hall–Kier alpha value is -1.77. The van der Waals surface area contributed by atoms with Gasteiger partial charge in [-0.1, -0.05) is 13.0 Å². The lowest BCUT2D eigenvalue weighted by Crippen LogP contribution is -2.42. The molecule has 0 aliphatic carbocycles. The number of hydrogen-bond acceptors (Lipinski definition) is 3. The number of rotatable bonds is 8. The molecule has 1 N–H and O–H groups in total. The zero-order valence-electron chi connectivity index (χ0n) is 15.8. The first-order chi connectivity index (χ1) is 12.2. The van der Waals surface area contributed by atoms with Gasteiger partial charge in [-0.25, -0.2) is 4.99 Å². The largest absolute Gasteiger partial charge is 0.401 e. The van der Waals surface area contributed by atoms with Gasteiger partial charge < -0.3 is 15.1 Å². The number of halogens is 3. The molecular weight excluding hydrogens is 347 g/mol. The number of carbonyl (C=O) groups excluding carboxylic acids is 1. The van der Waals surface area contributed by atoms with Crippen molar-refractivity contribution in [2.45, 2.75) is 19.5 Å². The highest BCUT2D eigenvalue weighted by molar-refractivity contribution is 5.85. The van der Waals surface area contributed by atoms with Crippen LogP contribution in [-0.4, -0.2) is 92.7 Å². The van der Waals surface area contributed by atoms with Crippen LogP contribution >= 0.6 is 0 Å². The van der Waals surface area contributed by atoms with Gasteiger partial charge in [0.2, 0.25) is 5.91 Å². The fraction of sp³-hybridized carbons (Fsp3) is 0.765. The van der Waals surface area contributed by atoms with Crippen molar-refractivity contribution in [3.8, 4) is 0 Å². The van der Waals surface area contributed by atoms with Crippen LogP contribution in [0, 0.1) is 5.92 Å². The van der Waals surface area contributed by atoms with Gasteiger partial charge in [0, 0.05) is 40.3 Å². The van der Waals surface area contributed by atoms with Crippen LogP contribution in [0.4, 0.5) is 13.2 Å². The number of likely N-dealkylation sites (N-methyl/N-ethyl adjacent to an activating group) is 1. The predicted molar refractivity (Wildman–Crippen MR) is 97.0 cm³/mol. The summed E-state index contributed by atoms with van der Waals surface area (Å²) in [5.74, 6) is 0.625. The Morgan fingerprint density at radius 2 is 2.12 bits per heavy atom. The average Bonchev–Trinajstić information content (AvgIpc) is 3.00. The van der Waals surface area contributed by atoms with E-state index in [1.165, 1.54) is 9.80 Å². The van der Waals surface area contributed by atoms with Crippen molar-refractivity contribution >= 4 is 11.9 Å². The SMILES string of the molecule is C=CCNC(=NCC(=O)N(C)C)N1CCC(CN(CC)CC(F)(F)F)C1. The lowest BCUT2D eigenvalue weighted by molar-refractivity contribution is -0.146. The van der Waals surface area contributed by atoms with Gasteiger partial charge in [-0.3, -0.25) is 9.69 Å². The van der Waals surface area contributed by atoms with E-state index in [2.05, 4.69) is 16.9 Å². The average molecular weight is 377 g/mol. The number of hydrogen-bond donors (Lipinski definition) is 1. The lowest BCUT2D eigenvalue weighted by Gasteiger charge is -2.26. The van der Waals surface area contributed by atoms with Gasteiger partial charge >= 0.3 is 6.18 Å². The van der Waals surface area contributed by atoms with E-state index in [0.29, 0.717) is 38.7 Å². The summed E-state index contributed by atoms with van der Waals surface area (Å²) in [6, 6.07) is 0. The smallest absolute Gasteiger partial charge is 0.353 e. The standard InChI is InChI=1S/C17H30F3N5O/c1-5-8-21-16(22-10-15(26)23(3)4)25-9-7-14(12-25)11-24(6-2)13-17(18,19)20/h5,14H,1,6-13H2,2-4H3,(H,21,22). The molecule has 9 heteroatoms. The zero-order chi connectivity index (χ0) is 19.7. The highest BCUT2D eigenvalue weighted by atomic mass is 19.4. The predicted octanol–water partition coefficient (Wildman–Crippen LogP) is 1.41. The van der Waals surface area contributed by atoms with E-state index in [1.54, 1.807) is 27.1 Å². The van der Waals surface area contributed by atoms with Gasteiger partial charge in [0.25, 0.3) is 0 Å². The Morgan fingerprint density at radius 3 is 2.65 bits per heavy atom. The zero-order valence-corrected chi connectivity index (χ0v) is 15.8. The van der Waals surface area contributed by atoms with Crippen molar-refractivity contribution in [2.75, 3.05) is 59.9 Å². The molecule has 150 valence electrons. The summed E-state index contributed by atoms with van der Waals surface area (Å²) in [6.07, 6.45) is -1.69. The van der Waals surface area contributed by atoms with Gasteiger partial charge in [0.1, 0.15) is 6.54 Å². The number of aliphatic imine (C=N–C) groups is 1. The van der Waals surface area contributed by atoms with Gasteiger partial charge in [-0.15, -0.1) is 6.58 Å². The second-order valence-corrected chi connectivity index (χ2v) is 6.64. The van der Waals surface area contributed by atoms with Crippen molar-refractivity contribution in [1.82, 2.24) is 20.0 Å². The third kappa shape index (κ3) is 8.07. The van der Waals surface area contributed by atoms with Crippen LogP contribution < -0.4 is 5.32 Å². The second-order valence-electron chi connectivity index (χ2n) is 6.64. The van der Waals surface area contributed by atoms with Crippen LogP contribution in [0.2, 0.25) is 0 Å². The Kier molecular flexibility index (Phi) is 8.91. The molecule has 1 unspecified atom stereocenters. The molecule has 0 aromatic rings. The van der Waals surface area contributed by atoms with E-state index >= 15 is 0 Å². The fourth-order valence-corrected chi connectivity index (χ4v) is 2.81. The molecule has 1 aliphatic heterocycles. The molecule has 26 heavy (non-hydrogen) atoms. The van der Waals surface area contributed by atoms with E-state index in [9.17, 15) is 18.0 Å². The molecule has 0 spiro atoms. The summed E-state index contributed by atoms with van der Waals surface area (Å²) < 4.78 is 37.9. The minimum atomic E-state index is -4.18. The van der Waals surface area contributed by atoms with Crippen LogP contribution in [0.1, 0.15) is 13.3 Å².